The second kappa shape index (κ2) is 6.33. The van der Waals surface area contributed by atoms with Gasteiger partial charge in [0.05, 0.1) is 6.54 Å². The summed E-state index contributed by atoms with van der Waals surface area (Å²) in [5.74, 6) is 0. The molecule has 1 rings (SSSR count). The van der Waals surface area contributed by atoms with E-state index < -0.39 is 12.7 Å². The predicted octanol–water partition coefficient (Wildman–Crippen LogP) is 2.06. The molecule has 1 aliphatic heterocycles. The molecule has 2 N–H and O–H groups in total. The molecule has 15 heavy (non-hydrogen) atoms. The predicted molar refractivity (Wildman–Crippen MR) is 53.8 cm³/mol. The van der Waals surface area contributed by atoms with Gasteiger partial charge < -0.3 is 10.6 Å². The second-order valence-electron chi connectivity index (χ2n) is 4.08. The van der Waals surface area contributed by atoms with E-state index in [-0.39, 0.29) is 0 Å². The molecular formula is C10H19F3N2. The molecule has 1 fully saturated rings. The molecule has 0 aromatic rings. The van der Waals surface area contributed by atoms with Crippen molar-refractivity contribution < 1.29 is 13.2 Å². The van der Waals surface area contributed by atoms with E-state index in [0.29, 0.717) is 12.6 Å². The number of piperidine rings is 1. The van der Waals surface area contributed by atoms with E-state index in [0.717, 1.165) is 19.4 Å². The van der Waals surface area contributed by atoms with E-state index in [1.54, 1.807) is 0 Å². The largest absolute Gasteiger partial charge is 0.401 e. The molecule has 0 amide bonds. The van der Waals surface area contributed by atoms with Crippen molar-refractivity contribution in [2.75, 3.05) is 19.6 Å². The zero-order valence-corrected chi connectivity index (χ0v) is 8.87. The van der Waals surface area contributed by atoms with Gasteiger partial charge in [-0.3, -0.25) is 0 Å². The fourth-order valence-corrected chi connectivity index (χ4v) is 1.87. The van der Waals surface area contributed by atoms with Crippen LogP contribution in [0, 0.1) is 0 Å². The molecule has 0 bridgehead atoms. The highest BCUT2D eigenvalue weighted by molar-refractivity contribution is 4.72. The van der Waals surface area contributed by atoms with Gasteiger partial charge in [-0.25, -0.2) is 0 Å². The van der Waals surface area contributed by atoms with Crippen molar-refractivity contribution in [1.29, 1.82) is 0 Å². The topological polar surface area (TPSA) is 24.1 Å². The molecule has 1 heterocycles. The molecule has 1 unspecified atom stereocenters. The summed E-state index contributed by atoms with van der Waals surface area (Å²) in [6.45, 7) is 0.642. The molecule has 1 atom stereocenters. The van der Waals surface area contributed by atoms with E-state index in [9.17, 15) is 13.2 Å². The van der Waals surface area contributed by atoms with Crippen molar-refractivity contribution in [2.24, 2.45) is 0 Å². The first-order valence-electron chi connectivity index (χ1n) is 5.59. The summed E-state index contributed by atoms with van der Waals surface area (Å²) in [6.07, 6.45) is 1.34. The molecule has 90 valence electrons. The van der Waals surface area contributed by atoms with E-state index in [2.05, 4.69) is 10.6 Å². The van der Waals surface area contributed by atoms with Gasteiger partial charge in [-0.1, -0.05) is 6.42 Å². The van der Waals surface area contributed by atoms with Crippen molar-refractivity contribution in [3.05, 3.63) is 0 Å². The molecule has 0 aromatic carbocycles. The van der Waals surface area contributed by atoms with Gasteiger partial charge in [0.1, 0.15) is 0 Å². The maximum absolute atomic E-state index is 11.8. The Labute approximate surface area is 88.6 Å². The Kier molecular flexibility index (Phi) is 5.39. The molecule has 0 radical (unpaired) electrons. The van der Waals surface area contributed by atoms with Gasteiger partial charge in [-0.05, 0) is 38.8 Å². The summed E-state index contributed by atoms with van der Waals surface area (Å²) >= 11 is 0. The Morgan fingerprint density at radius 3 is 2.67 bits per heavy atom. The lowest BCUT2D eigenvalue weighted by atomic mass is 10.0. The normalized spacial score (nSPS) is 23.0. The Hall–Kier alpha value is -0.290. The fraction of sp³-hybridized carbons (Fsp3) is 1.00. The SMILES string of the molecule is FC(F)(F)CNCCCC1CCCCN1. The molecule has 5 heteroatoms. The summed E-state index contributed by atoms with van der Waals surface area (Å²) in [5, 5.41) is 5.79. The lowest BCUT2D eigenvalue weighted by Gasteiger charge is -2.23. The second-order valence-corrected chi connectivity index (χ2v) is 4.08. The zero-order valence-electron chi connectivity index (χ0n) is 8.87. The lowest BCUT2D eigenvalue weighted by Crippen LogP contribution is -2.35. The van der Waals surface area contributed by atoms with Crippen molar-refractivity contribution in [3.63, 3.8) is 0 Å². The molecule has 0 aromatic heterocycles. The van der Waals surface area contributed by atoms with E-state index >= 15 is 0 Å². The van der Waals surface area contributed by atoms with Crippen LogP contribution in [0.25, 0.3) is 0 Å². The summed E-state index contributed by atoms with van der Waals surface area (Å²) in [7, 11) is 0. The van der Waals surface area contributed by atoms with Gasteiger partial charge in [0.25, 0.3) is 0 Å². The number of hydrogen-bond acceptors (Lipinski definition) is 2. The van der Waals surface area contributed by atoms with Crippen LogP contribution in [0.4, 0.5) is 13.2 Å². The van der Waals surface area contributed by atoms with Crippen LogP contribution in [0.5, 0.6) is 0 Å². The van der Waals surface area contributed by atoms with Crippen molar-refractivity contribution in [1.82, 2.24) is 10.6 Å². The van der Waals surface area contributed by atoms with E-state index in [1.165, 1.54) is 19.3 Å². The Bertz CT molecular complexity index is 165. The van der Waals surface area contributed by atoms with Crippen LogP contribution < -0.4 is 10.6 Å². The Morgan fingerprint density at radius 2 is 2.07 bits per heavy atom. The van der Waals surface area contributed by atoms with Crippen LogP contribution >= 0.6 is 0 Å². The molecule has 1 saturated heterocycles. The van der Waals surface area contributed by atoms with Gasteiger partial charge in [0.15, 0.2) is 0 Å². The van der Waals surface area contributed by atoms with Crippen molar-refractivity contribution in [3.8, 4) is 0 Å². The van der Waals surface area contributed by atoms with Crippen LogP contribution in [-0.2, 0) is 0 Å². The monoisotopic (exact) mass is 224 g/mol. The van der Waals surface area contributed by atoms with E-state index in [4.69, 9.17) is 0 Å². The fourth-order valence-electron chi connectivity index (χ4n) is 1.87. The maximum atomic E-state index is 11.8. The molecule has 0 aliphatic carbocycles. The maximum Gasteiger partial charge on any atom is 0.401 e. The quantitative estimate of drug-likeness (QED) is 0.698. The molecule has 2 nitrogen and oxygen atoms in total. The highest BCUT2D eigenvalue weighted by atomic mass is 19.4. The number of alkyl halides is 3. The van der Waals surface area contributed by atoms with Gasteiger partial charge in [-0.2, -0.15) is 13.2 Å². The summed E-state index contributed by atoms with van der Waals surface area (Å²) in [5.41, 5.74) is 0. The van der Waals surface area contributed by atoms with Gasteiger partial charge in [-0.15, -0.1) is 0 Å². The highest BCUT2D eigenvalue weighted by Gasteiger charge is 2.25. The van der Waals surface area contributed by atoms with E-state index in [1.807, 2.05) is 0 Å². The minimum absolute atomic E-state index is 0.456. The average molecular weight is 224 g/mol. The van der Waals surface area contributed by atoms with Gasteiger partial charge >= 0.3 is 6.18 Å². The van der Waals surface area contributed by atoms with Crippen LogP contribution in [0.15, 0.2) is 0 Å². The third-order valence-corrected chi connectivity index (χ3v) is 2.64. The number of nitrogens with one attached hydrogen (secondary N) is 2. The first kappa shape index (κ1) is 12.8. The van der Waals surface area contributed by atoms with Crippen LogP contribution in [0.2, 0.25) is 0 Å². The van der Waals surface area contributed by atoms with Crippen LogP contribution in [0.3, 0.4) is 0 Å². The summed E-state index contributed by atoms with van der Waals surface area (Å²) in [4.78, 5) is 0. The van der Waals surface area contributed by atoms with Gasteiger partial charge in [0, 0.05) is 6.04 Å². The third kappa shape index (κ3) is 6.73. The lowest BCUT2D eigenvalue weighted by molar-refractivity contribution is -0.124. The summed E-state index contributed by atoms with van der Waals surface area (Å²) < 4.78 is 35.3. The Morgan fingerprint density at radius 1 is 1.27 bits per heavy atom. The van der Waals surface area contributed by atoms with Gasteiger partial charge in [0.2, 0.25) is 0 Å². The molecule has 0 saturated carbocycles. The Balaban J connectivity index is 1.92. The standard InChI is InChI=1S/C10H19F3N2/c11-10(12,13)8-14-6-3-5-9-4-1-2-7-15-9/h9,14-15H,1-8H2. The first-order valence-corrected chi connectivity index (χ1v) is 5.59. The number of halogens is 3. The molecule has 0 spiro atoms. The highest BCUT2D eigenvalue weighted by Crippen LogP contribution is 2.13. The number of hydrogen-bond donors (Lipinski definition) is 2. The smallest absolute Gasteiger partial charge is 0.314 e. The van der Waals surface area contributed by atoms with Crippen molar-refractivity contribution in [2.45, 2.75) is 44.3 Å². The van der Waals surface area contributed by atoms with Crippen LogP contribution in [-0.4, -0.2) is 31.9 Å². The minimum atomic E-state index is -4.08. The molecular weight excluding hydrogens is 205 g/mol. The summed E-state index contributed by atoms with van der Waals surface area (Å²) in [6, 6.07) is 0.520. The van der Waals surface area contributed by atoms with Crippen molar-refractivity contribution >= 4 is 0 Å². The first-order chi connectivity index (χ1) is 7.08. The average Bonchev–Trinajstić information content (AvgIpc) is 2.17. The number of rotatable bonds is 5. The van der Waals surface area contributed by atoms with Crippen LogP contribution in [0.1, 0.15) is 32.1 Å². The minimum Gasteiger partial charge on any atom is -0.314 e. The zero-order chi connectivity index (χ0) is 11.1. The third-order valence-electron chi connectivity index (χ3n) is 2.64. The molecule has 1 aliphatic rings.